The number of methoxy groups -OCH3 is 2. The quantitative estimate of drug-likeness (QED) is 0.830. The maximum absolute atomic E-state index is 10.0. The predicted octanol–water partition coefficient (Wildman–Crippen LogP) is 0.763. The first-order valence-electron chi connectivity index (χ1n) is 7.94. The first-order chi connectivity index (χ1) is 10.7. The van der Waals surface area contributed by atoms with Gasteiger partial charge in [-0.25, -0.2) is 0 Å². The van der Waals surface area contributed by atoms with Crippen LogP contribution >= 0.6 is 0 Å². The summed E-state index contributed by atoms with van der Waals surface area (Å²) in [5.41, 5.74) is -0.127. The lowest BCUT2D eigenvalue weighted by Crippen LogP contribution is -2.51. The lowest BCUT2D eigenvalue weighted by molar-refractivity contribution is -0.0887. The Kier molecular flexibility index (Phi) is 4.77. The third-order valence-electron chi connectivity index (χ3n) is 5.05. The van der Waals surface area contributed by atoms with Gasteiger partial charge in [0.25, 0.3) is 0 Å². The molecule has 0 amide bonds. The Morgan fingerprint density at radius 3 is 3.05 bits per heavy atom. The highest BCUT2D eigenvalue weighted by atomic mass is 16.5. The molecule has 7 nitrogen and oxygen atoms in total. The summed E-state index contributed by atoms with van der Waals surface area (Å²) in [6, 6.07) is 0.218. The van der Waals surface area contributed by atoms with Crippen molar-refractivity contribution < 1.29 is 19.1 Å². The second kappa shape index (κ2) is 6.62. The third kappa shape index (κ3) is 3.03. The van der Waals surface area contributed by atoms with Crippen LogP contribution < -0.4 is 0 Å². The zero-order valence-electron chi connectivity index (χ0n) is 13.3. The topological polar surface area (TPSA) is 80.9 Å². The summed E-state index contributed by atoms with van der Waals surface area (Å²) in [4.78, 5) is 6.72. The Balaban J connectivity index is 1.66. The van der Waals surface area contributed by atoms with Gasteiger partial charge in [-0.05, 0) is 25.7 Å². The third-order valence-corrected chi connectivity index (χ3v) is 5.05. The maximum Gasteiger partial charge on any atom is 0.240 e. The van der Waals surface area contributed by atoms with Crippen LogP contribution in [0.1, 0.15) is 37.4 Å². The van der Waals surface area contributed by atoms with Crippen LogP contribution in [0.3, 0.4) is 0 Å². The predicted molar refractivity (Wildman–Crippen MR) is 78.3 cm³/mol. The normalized spacial score (nSPS) is 32.3. The first-order valence-corrected chi connectivity index (χ1v) is 7.94. The zero-order chi connectivity index (χ0) is 15.6. The van der Waals surface area contributed by atoms with Gasteiger partial charge in [0.2, 0.25) is 5.89 Å². The van der Waals surface area contributed by atoms with Crippen molar-refractivity contribution in [3.05, 3.63) is 11.7 Å². The molecule has 2 fully saturated rings. The van der Waals surface area contributed by atoms with E-state index in [1.807, 2.05) is 0 Å². The van der Waals surface area contributed by atoms with E-state index in [2.05, 4.69) is 15.0 Å². The maximum atomic E-state index is 10.0. The van der Waals surface area contributed by atoms with Crippen LogP contribution in [0.25, 0.3) is 0 Å². The second-order valence-corrected chi connectivity index (χ2v) is 6.28. The molecule has 1 aliphatic carbocycles. The van der Waals surface area contributed by atoms with Crippen LogP contribution in [0.2, 0.25) is 0 Å². The highest BCUT2D eigenvalue weighted by Gasteiger charge is 2.50. The number of rotatable bonds is 6. The Bertz CT molecular complexity index is 495. The summed E-state index contributed by atoms with van der Waals surface area (Å²) >= 11 is 0. The summed E-state index contributed by atoms with van der Waals surface area (Å²) in [6.07, 6.45) is 3.89. The van der Waals surface area contributed by atoms with E-state index in [1.54, 1.807) is 14.2 Å². The number of aromatic nitrogens is 2. The molecule has 2 unspecified atom stereocenters. The summed E-state index contributed by atoms with van der Waals surface area (Å²) < 4.78 is 16.2. The molecule has 0 aromatic carbocycles. The molecular formula is C15H25N3O4. The van der Waals surface area contributed by atoms with Crippen LogP contribution in [-0.4, -0.2) is 65.3 Å². The van der Waals surface area contributed by atoms with E-state index in [1.165, 1.54) is 0 Å². The lowest BCUT2D eigenvalue weighted by Gasteiger charge is -2.42. The number of nitrogens with zero attached hydrogens (tertiary/aromatic N) is 3. The molecular weight excluding hydrogens is 286 g/mol. The molecule has 1 aliphatic heterocycles. The lowest BCUT2D eigenvalue weighted by atomic mass is 9.79. The fourth-order valence-electron chi connectivity index (χ4n) is 3.78. The van der Waals surface area contributed by atoms with Crippen LogP contribution in [-0.2, 0) is 22.4 Å². The van der Waals surface area contributed by atoms with Gasteiger partial charge in [-0.15, -0.1) is 0 Å². The minimum atomic E-state index is -0.242. The van der Waals surface area contributed by atoms with Crippen molar-refractivity contribution in [3.63, 3.8) is 0 Å². The van der Waals surface area contributed by atoms with Gasteiger partial charge in [0.05, 0.1) is 24.9 Å². The molecule has 1 aromatic rings. The average Bonchev–Trinajstić information content (AvgIpc) is 3.11. The van der Waals surface area contributed by atoms with Crippen LogP contribution in [0.4, 0.5) is 0 Å². The van der Waals surface area contributed by atoms with Crippen LogP contribution in [0, 0.1) is 0 Å². The Labute approximate surface area is 130 Å². The average molecular weight is 311 g/mol. The summed E-state index contributed by atoms with van der Waals surface area (Å²) in [7, 11) is 3.44. The summed E-state index contributed by atoms with van der Waals surface area (Å²) in [5.74, 6) is 1.30. The number of likely N-dealkylation sites (tertiary alicyclic amines) is 1. The zero-order valence-corrected chi connectivity index (χ0v) is 13.3. The summed E-state index contributed by atoms with van der Waals surface area (Å²) in [6.45, 7) is 2.13. The molecule has 0 bridgehead atoms. The van der Waals surface area contributed by atoms with E-state index in [0.717, 1.165) is 32.2 Å². The molecule has 7 heteroatoms. The standard InChI is InChI=1S/C15H25N3O4/c1-20-8-4-13-16-14(22-17-13)10-18-7-6-15(21-2)5-3-11(19)9-12(15)18/h11-12,19H,3-10H2,1-2H3/t11?,12?,15-/m1/s1. The summed E-state index contributed by atoms with van der Waals surface area (Å²) in [5, 5.41) is 14.0. The van der Waals surface area contributed by atoms with Crippen molar-refractivity contribution in [3.8, 4) is 0 Å². The molecule has 0 spiro atoms. The fraction of sp³-hybridized carbons (Fsp3) is 0.867. The fourth-order valence-corrected chi connectivity index (χ4v) is 3.78. The largest absolute Gasteiger partial charge is 0.393 e. The van der Waals surface area contributed by atoms with Gasteiger partial charge in [0, 0.05) is 33.2 Å². The van der Waals surface area contributed by atoms with Crippen LogP contribution in [0.5, 0.6) is 0 Å². The van der Waals surface area contributed by atoms with Crippen LogP contribution in [0.15, 0.2) is 4.52 Å². The Hall–Kier alpha value is -1.02. The number of hydrogen-bond donors (Lipinski definition) is 1. The first kappa shape index (κ1) is 15.9. The van der Waals surface area contributed by atoms with Gasteiger partial charge in [0.15, 0.2) is 5.82 Å². The van der Waals surface area contributed by atoms with E-state index >= 15 is 0 Å². The van der Waals surface area contributed by atoms with Gasteiger partial charge >= 0.3 is 0 Å². The van der Waals surface area contributed by atoms with Gasteiger partial charge in [0.1, 0.15) is 0 Å². The minimum Gasteiger partial charge on any atom is -0.393 e. The monoisotopic (exact) mass is 311 g/mol. The molecule has 1 aromatic heterocycles. The van der Waals surface area contributed by atoms with Gasteiger partial charge in [-0.2, -0.15) is 4.98 Å². The molecule has 2 heterocycles. The number of hydrogen-bond acceptors (Lipinski definition) is 7. The minimum absolute atomic E-state index is 0.127. The van der Waals surface area contributed by atoms with Crippen molar-refractivity contribution in [2.45, 2.75) is 56.4 Å². The SMILES string of the molecule is COCCc1noc(CN2CC[C@]3(OC)CCC(O)CC23)n1. The van der Waals surface area contributed by atoms with Crippen molar-refractivity contribution in [2.75, 3.05) is 27.4 Å². The molecule has 1 saturated carbocycles. The van der Waals surface area contributed by atoms with E-state index in [4.69, 9.17) is 14.0 Å². The second-order valence-electron chi connectivity index (χ2n) is 6.28. The molecule has 22 heavy (non-hydrogen) atoms. The van der Waals surface area contributed by atoms with E-state index < -0.39 is 0 Å². The molecule has 1 N–H and O–H groups in total. The Morgan fingerprint density at radius 2 is 2.27 bits per heavy atom. The van der Waals surface area contributed by atoms with Gasteiger partial charge < -0.3 is 19.1 Å². The van der Waals surface area contributed by atoms with Gasteiger partial charge in [-0.3, -0.25) is 4.90 Å². The number of fused-ring (bicyclic) bond motifs is 1. The Morgan fingerprint density at radius 1 is 1.41 bits per heavy atom. The van der Waals surface area contributed by atoms with Gasteiger partial charge in [-0.1, -0.05) is 5.16 Å². The highest BCUT2D eigenvalue weighted by Crippen LogP contribution is 2.42. The van der Waals surface area contributed by atoms with E-state index in [0.29, 0.717) is 31.3 Å². The molecule has 1 saturated heterocycles. The molecule has 2 aliphatic rings. The number of ether oxygens (including phenoxy) is 2. The van der Waals surface area contributed by atoms with Crippen molar-refractivity contribution in [2.24, 2.45) is 0 Å². The van der Waals surface area contributed by atoms with E-state index in [9.17, 15) is 5.11 Å². The van der Waals surface area contributed by atoms with Crippen molar-refractivity contribution in [1.82, 2.24) is 15.0 Å². The van der Waals surface area contributed by atoms with Crippen molar-refractivity contribution in [1.29, 1.82) is 0 Å². The van der Waals surface area contributed by atoms with Crippen molar-refractivity contribution >= 4 is 0 Å². The molecule has 3 rings (SSSR count). The molecule has 0 radical (unpaired) electrons. The molecule has 3 atom stereocenters. The van der Waals surface area contributed by atoms with E-state index in [-0.39, 0.29) is 17.7 Å². The smallest absolute Gasteiger partial charge is 0.240 e. The molecule has 124 valence electrons. The highest BCUT2D eigenvalue weighted by molar-refractivity contribution is 5.05. The number of aliphatic hydroxyl groups excluding tert-OH is 1. The number of aliphatic hydroxyl groups is 1.